The van der Waals surface area contributed by atoms with Gasteiger partial charge in [-0.3, -0.25) is 4.72 Å². The zero-order valence-corrected chi connectivity index (χ0v) is 21.5. The summed E-state index contributed by atoms with van der Waals surface area (Å²) in [6.07, 6.45) is -4.91. The van der Waals surface area contributed by atoms with Crippen LogP contribution in [-0.2, 0) is 27.0 Å². The summed E-state index contributed by atoms with van der Waals surface area (Å²) in [5.41, 5.74) is -8.64. The lowest BCUT2D eigenvalue weighted by molar-refractivity contribution is -0.137. The second kappa shape index (κ2) is 9.56. The molecule has 0 aliphatic carbocycles. The molecule has 1 N–H and O–H groups in total. The minimum absolute atomic E-state index is 0.280. The van der Waals surface area contributed by atoms with Crippen molar-refractivity contribution in [3.05, 3.63) is 49.4 Å². The summed E-state index contributed by atoms with van der Waals surface area (Å²) < 4.78 is 119. The largest absolute Gasteiger partial charge is 0.476 e. The summed E-state index contributed by atoms with van der Waals surface area (Å²) in [6, 6.07) is 4.39. The van der Waals surface area contributed by atoms with Gasteiger partial charge >= 0.3 is 11.7 Å². The highest BCUT2D eigenvalue weighted by molar-refractivity contribution is 9.11. The van der Waals surface area contributed by atoms with Crippen LogP contribution in [0.5, 0.6) is 0 Å². The van der Waals surface area contributed by atoms with Gasteiger partial charge in [0, 0.05) is 0 Å². The first-order valence-corrected chi connectivity index (χ1v) is 13.3. The Balaban J connectivity index is 2.36. The first-order chi connectivity index (χ1) is 16.0. The third-order valence-electron chi connectivity index (χ3n) is 3.94. The third-order valence-corrected chi connectivity index (χ3v) is 9.15. The van der Waals surface area contributed by atoms with Crippen LogP contribution in [0.1, 0.15) is 11.3 Å². The normalized spacial score (nSPS) is 13.5. The van der Waals surface area contributed by atoms with Crippen LogP contribution in [0.25, 0.3) is 5.69 Å². The Labute approximate surface area is 216 Å². The Morgan fingerprint density at radius 2 is 1.71 bits per heavy atom. The van der Waals surface area contributed by atoms with Crippen molar-refractivity contribution < 1.29 is 39.0 Å². The van der Waals surface area contributed by atoms with Gasteiger partial charge in [0.05, 0.1) is 19.4 Å². The van der Waals surface area contributed by atoms with E-state index >= 15 is 0 Å². The van der Waals surface area contributed by atoms with Crippen molar-refractivity contribution in [1.82, 2.24) is 9.78 Å². The number of thiophene rings is 1. The highest BCUT2D eigenvalue weighted by atomic mass is 79.9. The molecule has 0 bridgehead atoms. The number of sulfonamides is 1. The van der Waals surface area contributed by atoms with E-state index in [-0.39, 0.29) is 4.68 Å². The van der Waals surface area contributed by atoms with Crippen LogP contribution in [-0.4, -0.2) is 27.9 Å². The summed E-state index contributed by atoms with van der Waals surface area (Å²) in [6.45, 7) is 0. The number of halogens is 9. The maximum absolute atomic E-state index is 13.3. The number of nitriles is 1. The number of nitrogens with zero attached hydrogens (tertiary/aromatic N) is 3. The summed E-state index contributed by atoms with van der Waals surface area (Å²) in [5.74, 6) is -1.16. The Morgan fingerprint density at radius 1 is 1.14 bits per heavy atom. The first-order valence-electron chi connectivity index (χ1n) is 8.34. The zero-order valence-electron chi connectivity index (χ0n) is 16.0. The summed E-state index contributed by atoms with van der Waals surface area (Å²) in [4.78, 5) is -1.40. The molecule has 19 heteroatoms. The first kappa shape index (κ1) is 27.7. The van der Waals surface area contributed by atoms with Gasteiger partial charge in [0.1, 0.15) is 20.9 Å². The average molecular weight is 662 g/mol. The molecule has 0 aliphatic rings. The van der Waals surface area contributed by atoms with E-state index in [1.165, 1.54) is 12.1 Å². The van der Waals surface area contributed by atoms with E-state index < -0.39 is 74.4 Å². The van der Waals surface area contributed by atoms with E-state index in [1.807, 2.05) is 0 Å². The summed E-state index contributed by atoms with van der Waals surface area (Å²) >= 11 is 15.5. The molecule has 0 amide bonds. The number of aromatic nitrogens is 2. The van der Waals surface area contributed by atoms with Crippen LogP contribution in [0.2, 0.25) is 10.0 Å². The highest BCUT2D eigenvalue weighted by Gasteiger charge is 2.44. The molecule has 0 saturated heterocycles. The van der Waals surface area contributed by atoms with Gasteiger partial charge in [-0.2, -0.15) is 36.7 Å². The number of hydrogen-bond donors (Lipinski definition) is 1. The molecule has 1 atom stereocenters. The van der Waals surface area contributed by atoms with E-state index in [0.29, 0.717) is 27.3 Å². The molecule has 2 aromatic heterocycles. The maximum atomic E-state index is 13.3. The van der Waals surface area contributed by atoms with E-state index in [1.54, 1.807) is 4.72 Å². The van der Waals surface area contributed by atoms with Gasteiger partial charge < -0.3 is 0 Å². The fourth-order valence-electron chi connectivity index (χ4n) is 2.57. The summed E-state index contributed by atoms with van der Waals surface area (Å²) in [5, 5.41) is 11.2. The lowest BCUT2D eigenvalue weighted by atomic mass is 10.2. The number of benzene rings is 1. The fraction of sp³-hybridized carbons (Fsp3) is 0.125. The highest BCUT2D eigenvalue weighted by Crippen LogP contribution is 2.42. The van der Waals surface area contributed by atoms with E-state index in [9.17, 15) is 44.2 Å². The molecule has 0 spiro atoms. The van der Waals surface area contributed by atoms with Crippen LogP contribution in [0, 0.1) is 11.3 Å². The molecule has 0 saturated carbocycles. The van der Waals surface area contributed by atoms with E-state index in [0.717, 1.165) is 6.07 Å². The van der Waals surface area contributed by atoms with Crippen molar-refractivity contribution in [2.45, 2.75) is 20.8 Å². The molecular weight excluding hydrogens is 657 g/mol. The maximum Gasteiger partial charge on any atom is 0.476 e. The molecule has 2 heterocycles. The topological polar surface area (TPSA) is 105 Å². The van der Waals surface area contributed by atoms with Gasteiger partial charge in [-0.1, -0.05) is 23.2 Å². The van der Waals surface area contributed by atoms with Gasteiger partial charge in [-0.25, -0.2) is 17.3 Å². The molecule has 0 fully saturated rings. The van der Waals surface area contributed by atoms with Crippen LogP contribution in [0.4, 0.5) is 32.2 Å². The van der Waals surface area contributed by atoms with Crippen molar-refractivity contribution in [3.63, 3.8) is 0 Å². The predicted molar refractivity (Wildman–Crippen MR) is 119 cm³/mol. The number of nitrogens with one attached hydrogen (secondary N) is 1. The van der Waals surface area contributed by atoms with Crippen LogP contribution < -0.4 is 4.72 Å². The smallest absolute Gasteiger partial charge is 0.261 e. The molecule has 0 aliphatic heterocycles. The Bertz CT molecular complexity index is 1470. The van der Waals surface area contributed by atoms with Crippen LogP contribution in [0.15, 0.2) is 37.2 Å². The van der Waals surface area contributed by atoms with Crippen LogP contribution in [0.3, 0.4) is 0 Å². The SMILES string of the molecule is N#Cc1nn(-c2c(Cl)cc(C(F)(F)F)cc2Cl)c(NS(=O)(=O)c2ccc(Br)s2)c1S(=O)C(F)(F)F. The number of hydrogen-bond acceptors (Lipinski definition) is 6. The molecule has 3 rings (SSSR count). The third kappa shape index (κ3) is 5.62. The van der Waals surface area contributed by atoms with Gasteiger partial charge in [0.15, 0.2) is 22.3 Å². The second-order valence-corrected chi connectivity index (χ2v) is 12.8. The molecule has 3 aromatic rings. The minimum Gasteiger partial charge on any atom is -0.261 e. The molecule has 1 unspecified atom stereocenters. The fourth-order valence-corrected chi connectivity index (χ4v) is 7.15. The average Bonchev–Trinajstić information content (AvgIpc) is 3.29. The monoisotopic (exact) mass is 660 g/mol. The number of anilines is 1. The molecule has 7 nitrogen and oxygen atoms in total. The van der Waals surface area contributed by atoms with Crippen LogP contribution >= 0.6 is 50.5 Å². The lowest BCUT2D eigenvalue weighted by Crippen LogP contribution is -2.21. The standard InChI is InChI=1S/C16H5BrCl2F6N4O3S3/c17-10-1-2-11(33-10)35(31,32)28-14-13(34(30)16(23,24)25)9(5-26)27-29(14)12-7(18)3-6(4-8(12)19)15(20,21)22/h1-4,28H. The van der Waals surface area contributed by atoms with Crippen molar-refractivity contribution in [2.24, 2.45) is 0 Å². The van der Waals surface area contributed by atoms with E-state index in [4.69, 9.17) is 23.2 Å². The molecule has 0 radical (unpaired) electrons. The van der Waals surface area contributed by atoms with Crippen molar-refractivity contribution in [1.29, 1.82) is 5.26 Å². The van der Waals surface area contributed by atoms with Crippen molar-refractivity contribution >= 4 is 77.1 Å². The summed E-state index contributed by atoms with van der Waals surface area (Å²) in [7, 11) is -8.68. The zero-order chi connectivity index (χ0) is 26.5. The molecule has 1 aromatic carbocycles. The predicted octanol–water partition coefficient (Wildman–Crippen LogP) is 6.32. The molecule has 188 valence electrons. The Kier molecular flexibility index (Phi) is 7.58. The van der Waals surface area contributed by atoms with Crippen molar-refractivity contribution in [2.75, 3.05) is 4.72 Å². The molecular formula is C16H5BrCl2F6N4O3S3. The van der Waals surface area contributed by atoms with Gasteiger partial charge in [0.25, 0.3) is 10.0 Å². The number of rotatable bonds is 5. The van der Waals surface area contributed by atoms with Crippen molar-refractivity contribution in [3.8, 4) is 11.8 Å². The quantitative estimate of drug-likeness (QED) is 0.322. The second-order valence-electron chi connectivity index (χ2n) is 6.21. The number of alkyl halides is 6. The minimum atomic E-state index is -5.47. The van der Waals surface area contributed by atoms with Gasteiger partial charge in [-0.15, -0.1) is 11.3 Å². The Morgan fingerprint density at radius 3 is 2.14 bits per heavy atom. The van der Waals surface area contributed by atoms with Gasteiger partial charge in [0.2, 0.25) is 0 Å². The van der Waals surface area contributed by atoms with E-state index in [2.05, 4.69) is 21.0 Å². The Hall–Kier alpha value is -1.84. The van der Waals surface area contributed by atoms with Gasteiger partial charge in [-0.05, 0) is 40.2 Å². The lowest BCUT2D eigenvalue weighted by Gasteiger charge is -2.16. The molecule has 35 heavy (non-hydrogen) atoms.